The van der Waals surface area contributed by atoms with Gasteiger partial charge in [0.2, 0.25) is 0 Å². The fourth-order valence-corrected chi connectivity index (χ4v) is 2.80. The number of hydrogen-bond acceptors (Lipinski definition) is 3. The number of hydrogen-bond donors (Lipinski definition) is 2. The molecule has 3 aromatic carbocycles. The van der Waals surface area contributed by atoms with Crippen LogP contribution >= 0.6 is 0 Å². The van der Waals surface area contributed by atoms with Gasteiger partial charge in [-0.3, -0.25) is 9.59 Å². The lowest BCUT2D eigenvalue weighted by molar-refractivity contribution is -0.136. The normalized spacial score (nSPS) is 11.5. The van der Waals surface area contributed by atoms with Gasteiger partial charge in [0.05, 0.1) is 6.21 Å². The van der Waals surface area contributed by atoms with E-state index in [1.54, 1.807) is 6.07 Å². The predicted molar refractivity (Wildman–Crippen MR) is 113 cm³/mol. The minimum absolute atomic E-state index is 0.0730. The fourth-order valence-electron chi connectivity index (χ4n) is 2.80. The standard InChI is InChI=1S/C23H23N3O2/c1-23(2,3)18-13-11-16(12-14-18)15-24-26-22(28)21(27)25-20-10-6-8-17-7-4-5-9-19(17)20/h4-15H,1-3H3,(H,25,27)(H,26,28)/b24-15-. The molecule has 5 heteroatoms. The van der Waals surface area contributed by atoms with Crippen LogP contribution in [0.15, 0.2) is 71.8 Å². The summed E-state index contributed by atoms with van der Waals surface area (Å²) >= 11 is 0. The molecule has 5 nitrogen and oxygen atoms in total. The van der Waals surface area contributed by atoms with Crippen molar-refractivity contribution in [3.63, 3.8) is 0 Å². The molecule has 0 radical (unpaired) electrons. The molecule has 0 aliphatic carbocycles. The van der Waals surface area contributed by atoms with Gasteiger partial charge >= 0.3 is 11.8 Å². The number of nitrogens with zero attached hydrogens (tertiary/aromatic N) is 1. The third-order valence-electron chi connectivity index (χ3n) is 4.40. The van der Waals surface area contributed by atoms with Gasteiger partial charge < -0.3 is 5.32 Å². The quantitative estimate of drug-likeness (QED) is 0.410. The van der Waals surface area contributed by atoms with Crippen LogP contribution in [0.3, 0.4) is 0 Å². The Morgan fingerprint density at radius 3 is 2.25 bits per heavy atom. The van der Waals surface area contributed by atoms with Gasteiger partial charge in [0.25, 0.3) is 0 Å². The topological polar surface area (TPSA) is 70.6 Å². The Morgan fingerprint density at radius 1 is 0.857 bits per heavy atom. The molecule has 0 fully saturated rings. The largest absolute Gasteiger partial charge is 0.329 e. The lowest BCUT2D eigenvalue weighted by Gasteiger charge is -2.18. The summed E-state index contributed by atoms with van der Waals surface area (Å²) < 4.78 is 0. The summed E-state index contributed by atoms with van der Waals surface area (Å²) in [5.41, 5.74) is 4.97. The first-order chi connectivity index (χ1) is 13.3. The van der Waals surface area contributed by atoms with E-state index in [0.29, 0.717) is 5.69 Å². The highest BCUT2D eigenvalue weighted by molar-refractivity contribution is 6.40. The molecule has 3 rings (SSSR count). The number of fused-ring (bicyclic) bond motifs is 1. The second-order valence-electron chi connectivity index (χ2n) is 7.55. The van der Waals surface area contributed by atoms with Gasteiger partial charge in [0, 0.05) is 11.1 Å². The van der Waals surface area contributed by atoms with E-state index in [4.69, 9.17) is 0 Å². The number of carbonyl (C=O) groups is 2. The summed E-state index contributed by atoms with van der Waals surface area (Å²) in [6.45, 7) is 6.43. The van der Waals surface area contributed by atoms with Crippen LogP contribution in [0.5, 0.6) is 0 Å². The number of carbonyl (C=O) groups excluding carboxylic acids is 2. The number of benzene rings is 3. The van der Waals surface area contributed by atoms with Crippen molar-refractivity contribution in [2.24, 2.45) is 5.10 Å². The number of rotatable bonds is 3. The van der Waals surface area contributed by atoms with Crippen LogP contribution in [0.2, 0.25) is 0 Å². The predicted octanol–water partition coefficient (Wildman–Crippen LogP) is 4.23. The Bertz CT molecular complexity index is 1030. The van der Waals surface area contributed by atoms with Gasteiger partial charge in [-0.15, -0.1) is 0 Å². The minimum atomic E-state index is -0.824. The van der Waals surface area contributed by atoms with Gasteiger partial charge in [-0.05, 0) is 28.0 Å². The molecule has 0 bridgehead atoms. The summed E-state index contributed by atoms with van der Waals surface area (Å²) in [5, 5.41) is 8.36. The fraction of sp³-hybridized carbons (Fsp3) is 0.174. The zero-order valence-electron chi connectivity index (χ0n) is 16.2. The Labute approximate surface area is 164 Å². The number of hydrazone groups is 1. The molecule has 0 saturated carbocycles. The van der Waals surface area contributed by atoms with Crippen LogP contribution in [0.1, 0.15) is 31.9 Å². The summed E-state index contributed by atoms with van der Waals surface area (Å²) in [7, 11) is 0. The van der Waals surface area contributed by atoms with Crippen molar-refractivity contribution >= 4 is 34.5 Å². The number of nitrogens with one attached hydrogen (secondary N) is 2. The van der Waals surface area contributed by atoms with Gasteiger partial charge in [-0.25, -0.2) is 5.43 Å². The molecule has 0 aliphatic heterocycles. The summed E-state index contributed by atoms with van der Waals surface area (Å²) in [6, 6.07) is 21.1. The molecular weight excluding hydrogens is 350 g/mol. The third-order valence-corrected chi connectivity index (χ3v) is 4.40. The first kappa shape index (κ1) is 19.3. The molecular formula is C23H23N3O2. The van der Waals surface area contributed by atoms with Crippen LogP contribution in [0, 0.1) is 0 Å². The van der Waals surface area contributed by atoms with Crippen molar-refractivity contribution in [1.82, 2.24) is 5.43 Å². The first-order valence-electron chi connectivity index (χ1n) is 9.07. The van der Waals surface area contributed by atoms with E-state index >= 15 is 0 Å². The molecule has 0 aliphatic rings. The average molecular weight is 373 g/mol. The van der Waals surface area contributed by atoms with Crippen molar-refractivity contribution < 1.29 is 9.59 Å². The molecule has 0 aromatic heterocycles. The van der Waals surface area contributed by atoms with Crippen LogP contribution in [-0.4, -0.2) is 18.0 Å². The molecule has 2 amide bonds. The highest BCUT2D eigenvalue weighted by atomic mass is 16.2. The Balaban J connectivity index is 1.61. The molecule has 0 heterocycles. The summed E-state index contributed by atoms with van der Waals surface area (Å²) in [4.78, 5) is 24.2. The maximum Gasteiger partial charge on any atom is 0.329 e. The minimum Gasteiger partial charge on any atom is -0.317 e. The monoisotopic (exact) mass is 373 g/mol. The lowest BCUT2D eigenvalue weighted by atomic mass is 9.87. The lowest BCUT2D eigenvalue weighted by Crippen LogP contribution is -2.32. The summed E-state index contributed by atoms with van der Waals surface area (Å²) in [6.07, 6.45) is 1.51. The molecule has 0 saturated heterocycles. The molecule has 3 aromatic rings. The highest BCUT2D eigenvalue weighted by Crippen LogP contribution is 2.23. The van der Waals surface area contributed by atoms with Crippen molar-refractivity contribution in [3.8, 4) is 0 Å². The van der Waals surface area contributed by atoms with Crippen LogP contribution in [0.4, 0.5) is 5.69 Å². The van der Waals surface area contributed by atoms with Crippen molar-refractivity contribution in [2.75, 3.05) is 5.32 Å². The van der Waals surface area contributed by atoms with E-state index in [-0.39, 0.29) is 5.41 Å². The SMILES string of the molecule is CC(C)(C)c1ccc(/C=N\NC(=O)C(=O)Nc2cccc3ccccc23)cc1. The number of amides is 2. The maximum atomic E-state index is 12.2. The van der Waals surface area contributed by atoms with Crippen molar-refractivity contribution in [1.29, 1.82) is 0 Å². The maximum absolute atomic E-state index is 12.2. The van der Waals surface area contributed by atoms with E-state index in [9.17, 15) is 9.59 Å². The van der Waals surface area contributed by atoms with Gasteiger partial charge in [-0.1, -0.05) is 81.4 Å². The highest BCUT2D eigenvalue weighted by Gasteiger charge is 2.14. The first-order valence-corrected chi connectivity index (χ1v) is 9.07. The van der Waals surface area contributed by atoms with Crippen LogP contribution in [-0.2, 0) is 15.0 Å². The van der Waals surface area contributed by atoms with Gasteiger partial charge in [-0.2, -0.15) is 5.10 Å². The van der Waals surface area contributed by atoms with E-state index < -0.39 is 11.8 Å². The molecule has 142 valence electrons. The van der Waals surface area contributed by atoms with E-state index in [0.717, 1.165) is 16.3 Å². The van der Waals surface area contributed by atoms with Crippen LogP contribution in [0.25, 0.3) is 10.8 Å². The Kier molecular flexibility index (Phi) is 5.54. The van der Waals surface area contributed by atoms with Crippen LogP contribution < -0.4 is 10.7 Å². The third kappa shape index (κ3) is 4.62. The van der Waals surface area contributed by atoms with Gasteiger partial charge in [0.1, 0.15) is 0 Å². The van der Waals surface area contributed by atoms with Crippen molar-refractivity contribution in [3.05, 3.63) is 77.9 Å². The second-order valence-corrected chi connectivity index (χ2v) is 7.55. The smallest absolute Gasteiger partial charge is 0.317 e. The zero-order valence-corrected chi connectivity index (χ0v) is 16.2. The van der Waals surface area contributed by atoms with E-state index in [1.165, 1.54) is 11.8 Å². The molecule has 0 unspecified atom stereocenters. The zero-order chi connectivity index (χ0) is 20.1. The second kappa shape index (κ2) is 8.05. The van der Waals surface area contributed by atoms with Crippen molar-refractivity contribution in [2.45, 2.75) is 26.2 Å². The molecule has 0 atom stereocenters. The molecule has 0 spiro atoms. The van der Waals surface area contributed by atoms with Gasteiger partial charge in [0.15, 0.2) is 0 Å². The van der Waals surface area contributed by atoms with E-state index in [2.05, 4.69) is 36.6 Å². The Hall–Kier alpha value is -3.47. The summed E-state index contributed by atoms with van der Waals surface area (Å²) in [5.74, 6) is -1.59. The molecule has 28 heavy (non-hydrogen) atoms. The number of anilines is 1. The molecule has 2 N–H and O–H groups in total. The average Bonchev–Trinajstić information content (AvgIpc) is 2.68. The Morgan fingerprint density at radius 2 is 1.54 bits per heavy atom. The van der Waals surface area contributed by atoms with E-state index in [1.807, 2.05) is 60.7 Å².